The molecule has 4 heteroatoms. The van der Waals surface area contributed by atoms with Crippen LogP contribution in [0.2, 0.25) is 0 Å². The van der Waals surface area contributed by atoms with Gasteiger partial charge in [-0.05, 0) is 99.1 Å². The largest absolute Gasteiger partial charge is 0.456 e. The summed E-state index contributed by atoms with van der Waals surface area (Å²) in [5, 5.41) is 6.68. The zero-order valence-corrected chi connectivity index (χ0v) is 29.3. The Labute approximate surface area is 307 Å². The van der Waals surface area contributed by atoms with E-state index in [-0.39, 0.29) is 0 Å². The fourth-order valence-corrected chi connectivity index (χ4v) is 7.80. The molecule has 0 aliphatic carbocycles. The van der Waals surface area contributed by atoms with Gasteiger partial charge in [0.1, 0.15) is 11.2 Å². The average Bonchev–Trinajstić information content (AvgIpc) is 3.58. The molecule has 10 rings (SSSR count). The zero-order chi connectivity index (χ0) is 35.5. The quantitative estimate of drug-likeness (QED) is 0.182. The number of hydrogen-bond donors (Lipinski definition) is 0. The van der Waals surface area contributed by atoms with Crippen LogP contribution in [0.3, 0.4) is 0 Å². The molecular formula is C49H33N3O. The maximum absolute atomic E-state index is 6.30. The Kier molecular flexibility index (Phi) is 7.22. The summed E-state index contributed by atoms with van der Waals surface area (Å²) >= 11 is 0. The third-order valence-corrected chi connectivity index (χ3v) is 10.5. The molecule has 0 aliphatic heterocycles. The Morgan fingerprint density at radius 3 is 1.75 bits per heavy atom. The summed E-state index contributed by atoms with van der Waals surface area (Å²) in [6, 6.07) is 57.3. The molecule has 0 saturated carbocycles. The van der Waals surface area contributed by atoms with Crippen LogP contribution in [-0.4, -0.2) is 15.0 Å². The normalized spacial score (nSPS) is 11.6. The molecule has 0 bridgehead atoms. The molecule has 2 aromatic heterocycles. The predicted molar refractivity (Wildman–Crippen MR) is 219 cm³/mol. The molecule has 0 N–H and O–H groups in total. The summed E-state index contributed by atoms with van der Waals surface area (Å²) in [5.41, 5.74) is 11.7. The molecule has 0 atom stereocenters. The van der Waals surface area contributed by atoms with E-state index in [0.717, 1.165) is 60.4 Å². The van der Waals surface area contributed by atoms with Gasteiger partial charge in [0, 0.05) is 27.5 Å². The van der Waals surface area contributed by atoms with Gasteiger partial charge in [-0.3, -0.25) is 0 Å². The highest BCUT2D eigenvalue weighted by Gasteiger charge is 2.19. The zero-order valence-electron chi connectivity index (χ0n) is 29.3. The van der Waals surface area contributed by atoms with Crippen molar-refractivity contribution in [1.82, 2.24) is 15.0 Å². The Morgan fingerprint density at radius 2 is 0.925 bits per heavy atom. The van der Waals surface area contributed by atoms with Crippen LogP contribution in [-0.2, 0) is 0 Å². The number of rotatable bonds is 5. The molecule has 0 spiro atoms. The molecule has 10 aromatic rings. The SMILES string of the molecule is Cc1ccccc1-c1cccc(-c2cc(-c3nc(-c4ccc5c(c4)oc4ccccc45)nc(-c4cccc5ccccc45)n3)cc3ccccc23)c1C. The topological polar surface area (TPSA) is 51.8 Å². The number of nitrogens with zero attached hydrogens (tertiary/aromatic N) is 3. The van der Waals surface area contributed by atoms with Crippen molar-refractivity contribution >= 4 is 43.5 Å². The first-order valence-corrected chi connectivity index (χ1v) is 17.9. The molecule has 2 heterocycles. The van der Waals surface area contributed by atoms with Crippen molar-refractivity contribution in [3.05, 3.63) is 175 Å². The van der Waals surface area contributed by atoms with Crippen LogP contribution in [0.1, 0.15) is 11.1 Å². The fraction of sp³-hybridized carbons (Fsp3) is 0.0408. The van der Waals surface area contributed by atoms with Crippen molar-refractivity contribution in [2.45, 2.75) is 13.8 Å². The van der Waals surface area contributed by atoms with Gasteiger partial charge in [-0.2, -0.15) is 0 Å². The Bertz CT molecular complexity index is 3040. The van der Waals surface area contributed by atoms with Crippen molar-refractivity contribution in [3.63, 3.8) is 0 Å². The molecule has 53 heavy (non-hydrogen) atoms. The smallest absolute Gasteiger partial charge is 0.164 e. The summed E-state index contributed by atoms with van der Waals surface area (Å²) < 4.78 is 6.30. The maximum atomic E-state index is 6.30. The van der Waals surface area contributed by atoms with Crippen molar-refractivity contribution in [2.24, 2.45) is 0 Å². The number of furan rings is 1. The van der Waals surface area contributed by atoms with Crippen LogP contribution in [0.4, 0.5) is 0 Å². The Morgan fingerprint density at radius 1 is 0.358 bits per heavy atom. The fourth-order valence-electron chi connectivity index (χ4n) is 7.80. The molecule has 0 amide bonds. The van der Waals surface area contributed by atoms with Gasteiger partial charge < -0.3 is 4.42 Å². The molecule has 0 unspecified atom stereocenters. The number of hydrogen-bond acceptors (Lipinski definition) is 4. The number of benzene rings is 8. The Balaban J connectivity index is 1.21. The number of fused-ring (bicyclic) bond motifs is 5. The van der Waals surface area contributed by atoms with Gasteiger partial charge in [-0.1, -0.05) is 133 Å². The third kappa shape index (κ3) is 5.27. The molecule has 8 aromatic carbocycles. The van der Waals surface area contributed by atoms with E-state index >= 15 is 0 Å². The predicted octanol–water partition coefficient (Wildman–Crippen LogP) is 13.0. The highest BCUT2D eigenvalue weighted by Crippen LogP contribution is 2.40. The van der Waals surface area contributed by atoms with Crippen molar-refractivity contribution < 1.29 is 4.42 Å². The number of aromatic nitrogens is 3. The minimum absolute atomic E-state index is 0.590. The van der Waals surface area contributed by atoms with E-state index in [1.807, 2.05) is 24.3 Å². The Hall–Kier alpha value is -6.91. The van der Waals surface area contributed by atoms with E-state index in [0.29, 0.717) is 17.5 Å². The lowest BCUT2D eigenvalue weighted by atomic mass is 9.88. The van der Waals surface area contributed by atoms with Gasteiger partial charge in [0.25, 0.3) is 0 Å². The molecule has 0 saturated heterocycles. The first-order valence-electron chi connectivity index (χ1n) is 17.9. The second-order valence-corrected chi connectivity index (χ2v) is 13.7. The van der Waals surface area contributed by atoms with Gasteiger partial charge in [0.15, 0.2) is 17.5 Å². The van der Waals surface area contributed by atoms with E-state index in [2.05, 4.69) is 153 Å². The number of para-hydroxylation sites is 1. The first kappa shape index (κ1) is 30.9. The summed E-state index contributed by atoms with van der Waals surface area (Å²) in [4.78, 5) is 15.6. The monoisotopic (exact) mass is 679 g/mol. The molecule has 4 nitrogen and oxygen atoms in total. The van der Waals surface area contributed by atoms with Crippen molar-refractivity contribution in [3.8, 4) is 56.4 Å². The van der Waals surface area contributed by atoms with Crippen LogP contribution in [0.15, 0.2) is 168 Å². The minimum Gasteiger partial charge on any atom is -0.456 e. The van der Waals surface area contributed by atoms with Crippen LogP contribution < -0.4 is 0 Å². The lowest BCUT2D eigenvalue weighted by Crippen LogP contribution is -2.01. The van der Waals surface area contributed by atoms with E-state index in [1.54, 1.807) is 0 Å². The van der Waals surface area contributed by atoms with Gasteiger partial charge in [-0.25, -0.2) is 15.0 Å². The molecular weight excluding hydrogens is 647 g/mol. The van der Waals surface area contributed by atoms with Gasteiger partial charge in [0.05, 0.1) is 0 Å². The highest BCUT2D eigenvalue weighted by molar-refractivity contribution is 6.06. The maximum Gasteiger partial charge on any atom is 0.164 e. The van der Waals surface area contributed by atoms with E-state index in [1.165, 1.54) is 33.2 Å². The first-order chi connectivity index (χ1) is 26.1. The molecule has 0 radical (unpaired) electrons. The van der Waals surface area contributed by atoms with E-state index in [9.17, 15) is 0 Å². The van der Waals surface area contributed by atoms with E-state index in [4.69, 9.17) is 19.4 Å². The molecule has 250 valence electrons. The van der Waals surface area contributed by atoms with Crippen LogP contribution in [0, 0.1) is 13.8 Å². The summed E-state index contributed by atoms with van der Waals surface area (Å²) in [7, 11) is 0. The minimum atomic E-state index is 0.590. The lowest BCUT2D eigenvalue weighted by Gasteiger charge is -2.17. The third-order valence-electron chi connectivity index (χ3n) is 10.5. The summed E-state index contributed by atoms with van der Waals surface area (Å²) in [6.07, 6.45) is 0. The van der Waals surface area contributed by atoms with E-state index < -0.39 is 0 Å². The van der Waals surface area contributed by atoms with Crippen molar-refractivity contribution in [1.29, 1.82) is 0 Å². The van der Waals surface area contributed by atoms with Crippen molar-refractivity contribution in [2.75, 3.05) is 0 Å². The average molecular weight is 680 g/mol. The number of aryl methyl sites for hydroxylation is 1. The second-order valence-electron chi connectivity index (χ2n) is 13.7. The van der Waals surface area contributed by atoms with Gasteiger partial charge in [0.2, 0.25) is 0 Å². The van der Waals surface area contributed by atoms with Crippen LogP contribution >= 0.6 is 0 Å². The molecule has 0 fully saturated rings. The van der Waals surface area contributed by atoms with Crippen LogP contribution in [0.5, 0.6) is 0 Å². The standard InChI is InChI=1S/C49H33N3O/c1-30-13-3-6-17-36(30)37-21-12-22-38(31(37)2)44-28-35(27-33-15-5-8-19-40(33)44)48-50-47(34-25-26-42-41-20-9-10-24-45(41)53-46(42)29-34)51-49(52-48)43-23-11-16-32-14-4-7-18-39(32)43/h3-29H,1-2H3. The highest BCUT2D eigenvalue weighted by atomic mass is 16.3. The lowest BCUT2D eigenvalue weighted by molar-refractivity contribution is 0.669. The molecule has 0 aliphatic rings. The van der Waals surface area contributed by atoms with Gasteiger partial charge >= 0.3 is 0 Å². The summed E-state index contributed by atoms with van der Waals surface area (Å²) in [5.74, 6) is 1.83. The summed E-state index contributed by atoms with van der Waals surface area (Å²) in [6.45, 7) is 4.40. The van der Waals surface area contributed by atoms with Gasteiger partial charge in [-0.15, -0.1) is 0 Å². The van der Waals surface area contributed by atoms with Crippen LogP contribution in [0.25, 0.3) is 99.9 Å². The second kappa shape index (κ2) is 12.4.